The minimum atomic E-state index is -3.28. The summed E-state index contributed by atoms with van der Waals surface area (Å²) in [4.78, 5) is 15.9. The number of rotatable bonds is 5. The number of fused-ring (bicyclic) bond motifs is 2. The molecule has 0 unspecified atom stereocenters. The summed E-state index contributed by atoms with van der Waals surface area (Å²) in [6.45, 7) is 2.61. The number of aryl methyl sites for hydroxylation is 1. The summed E-state index contributed by atoms with van der Waals surface area (Å²) in [6, 6.07) is 15.7. The van der Waals surface area contributed by atoms with Gasteiger partial charge in [0.1, 0.15) is 0 Å². The molecule has 31 heavy (non-hydrogen) atoms. The summed E-state index contributed by atoms with van der Waals surface area (Å²) < 4.78 is 26.2. The number of carbonyl (C=O) groups is 1. The second-order valence-corrected chi connectivity index (χ2v) is 11.2. The molecular formula is C25H30N2O3S. The average Bonchev–Trinajstić information content (AvgIpc) is 3.49. The highest BCUT2D eigenvalue weighted by Crippen LogP contribution is 2.48. The third kappa shape index (κ3) is 3.75. The molecule has 0 aromatic heterocycles. The van der Waals surface area contributed by atoms with E-state index in [1.165, 1.54) is 29.1 Å². The van der Waals surface area contributed by atoms with Crippen LogP contribution in [0, 0.1) is 11.8 Å². The zero-order valence-corrected chi connectivity index (χ0v) is 18.9. The van der Waals surface area contributed by atoms with Crippen molar-refractivity contribution in [1.82, 2.24) is 0 Å². The first-order valence-electron chi connectivity index (χ1n) is 11.5. The lowest BCUT2D eigenvalue weighted by Crippen LogP contribution is -2.43. The molecule has 1 heterocycles. The molecular weight excluding hydrogens is 408 g/mol. The van der Waals surface area contributed by atoms with Gasteiger partial charge >= 0.3 is 0 Å². The molecule has 6 heteroatoms. The van der Waals surface area contributed by atoms with Gasteiger partial charge in [-0.1, -0.05) is 31.5 Å². The maximum atomic E-state index is 13.9. The number of amides is 1. The average molecular weight is 439 g/mol. The van der Waals surface area contributed by atoms with Gasteiger partial charge in [0.25, 0.3) is 5.91 Å². The summed E-state index contributed by atoms with van der Waals surface area (Å²) in [5.41, 5.74) is 3.33. The van der Waals surface area contributed by atoms with Crippen LogP contribution in [0.25, 0.3) is 0 Å². The van der Waals surface area contributed by atoms with Crippen LogP contribution in [0.5, 0.6) is 0 Å². The van der Waals surface area contributed by atoms with Gasteiger partial charge in [-0.15, -0.1) is 0 Å². The van der Waals surface area contributed by atoms with Gasteiger partial charge in [0.15, 0.2) is 0 Å². The van der Waals surface area contributed by atoms with E-state index in [1.807, 2.05) is 23.1 Å². The van der Waals surface area contributed by atoms with Crippen LogP contribution in [0.15, 0.2) is 48.5 Å². The van der Waals surface area contributed by atoms with Crippen LogP contribution >= 0.6 is 0 Å². The highest BCUT2D eigenvalue weighted by Gasteiger charge is 2.44. The van der Waals surface area contributed by atoms with Crippen LogP contribution in [-0.2, 0) is 16.4 Å². The van der Waals surface area contributed by atoms with Gasteiger partial charge in [0.2, 0.25) is 10.0 Å². The lowest BCUT2D eigenvalue weighted by atomic mass is 9.92. The Morgan fingerprint density at radius 3 is 2.61 bits per heavy atom. The first-order chi connectivity index (χ1) is 15.0. The molecule has 5 nitrogen and oxygen atoms in total. The van der Waals surface area contributed by atoms with Crippen molar-refractivity contribution in [3.63, 3.8) is 0 Å². The molecule has 3 aliphatic rings. The number of nitrogens with zero attached hydrogens (tertiary/aromatic N) is 2. The first-order valence-corrected chi connectivity index (χ1v) is 13.1. The smallest absolute Gasteiger partial charge is 0.258 e. The van der Waals surface area contributed by atoms with Crippen molar-refractivity contribution in [1.29, 1.82) is 0 Å². The van der Waals surface area contributed by atoms with Gasteiger partial charge in [-0.05, 0) is 79.8 Å². The second kappa shape index (κ2) is 7.97. The molecule has 0 spiro atoms. The predicted molar refractivity (Wildman–Crippen MR) is 124 cm³/mol. The first kappa shape index (κ1) is 20.6. The molecule has 1 aliphatic heterocycles. The van der Waals surface area contributed by atoms with Gasteiger partial charge in [-0.3, -0.25) is 9.10 Å². The fraction of sp³-hybridized carbons (Fsp3) is 0.480. The lowest BCUT2D eigenvalue weighted by Gasteiger charge is -2.35. The van der Waals surface area contributed by atoms with Crippen LogP contribution in [0.1, 0.15) is 54.9 Å². The van der Waals surface area contributed by atoms with E-state index < -0.39 is 10.0 Å². The molecule has 0 N–H and O–H groups in total. The van der Waals surface area contributed by atoms with E-state index in [-0.39, 0.29) is 17.7 Å². The topological polar surface area (TPSA) is 57.7 Å². The van der Waals surface area contributed by atoms with Crippen molar-refractivity contribution in [2.45, 2.75) is 51.5 Å². The third-order valence-corrected chi connectivity index (χ3v) is 9.20. The lowest BCUT2D eigenvalue weighted by molar-refractivity contribution is 0.0967. The minimum Gasteiger partial charge on any atom is -0.305 e. The zero-order chi connectivity index (χ0) is 21.6. The molecule has 2 aromatic rings. The summed E-state index contributed by atoms with van der Waals surface area (Å²) >= 11 is 0. The van der Waals surface area contributed by atoms with Gasteiger partial charge in [0, 0.05) is 23.8 Å². The zero-order valence-electron chi connectivity index (χ0n) is 18.0. The molecule has 164 valence electrons. The van der Waals surface area contributed by atoms with E-state index in [4.69, 9.17) is 0 Å². The van der Waals surface area contributed by atoms with E-state index in [0.29, 0.717) is 30.1 Å². The molecule has 3 fully saturated rings. The number of sulfonamides is 1. The molecule has 2 bridgehead atoms. The molecule has 2 saturated carbocycles. The highest BCUT2D eigenvalue weighted by molar-refractivity contribution is 7.93. The number of benzene rings is 2. The fourth-order valence-corrected chi connectivity index (χ4v) is 7.33. The van der Waals surface area contributed by atoms with Crippen molar-refractivity contribution in [2.75, 3.05) is 21.5 Å². The maximum absolute atomic E-state index is 13.9. The molecule has 2 aromatic carbocycles. The fourth-order valence-electron chi connectivity index (χ4n) is 5.78. The Labute approximate surface area is 185 Å². The molecule has 0 radical (unpaired) electrons. The monoisotopic (exact) mass is 438 g/mol. The van der Waals surface area contributed by atoms with Crippen LogP contribution < -0.4 is 9.21 Å². The molecule has 1 saturated heterocycles. The quantitative estimate of drug-likeness (QED) is 0.684. The standard InChI is InChI=1S/C25H30N2O3S/c1-2-18-6-3-9-23(15-18)27(24-16-19-10-11-20(24)14-19)25(28)21-7-4-8-22(17-21)26-12-5-13-31(26,29)30/h3-4,6-9,15,17,19-20,24H,2,5,10-14,16H2,1H3/t19-,20-,24-/m0/s1. The third-order valence-electron chi connectivity index (χ3n) is 7.33. The van der Waals surface area contributed by atoms with E-state index in [9.17, 15) is 13.2 Å². The van der Waals surface area contributed by atoms with E-state index in [1.54, 1.807) is 18.2 Å². The summed E-state index contributed by atoms with van der Waals surface area (Å²) in [5.74, 6) is 1.43. The van der Waals surface area contributed by atoms with E-state index in [0.717, 1.165) is 24.4 Å². The Bertz CT molecular complexity index is 1100. The van der Waals surface area contributed by atoms with Crippen molar-refractivity contribution in [2.24, 2.45) is 11.8 Å². The minimum absolute atomic E-state index is 0.0238. The summed E-state index contributed by atoms with van der Waals surface area (Å²) in [7, 11) is -3.28. The largest absolute Gasteiger partial charge is 0.305 e. The van der Waals surface area contributed by atoms with Gasteiger partial charge in [0.05, 0.1) is 11.4 Å². The van der Waals surface area contributed by atoms with Crippen molar-refractivity contribution < 1.29 is 13.2 Å². The van der Waals surface area contributed by atoms with Gasteiger partial charge < -0.3 is 4.90 Å². The number of hydrogen-bond acceptors (Lipinski definition) is 3. The molecule has 5 rings (SSSR count). The summed E-state index contributed by atoms with van der Waals surface area (Å²) in [5, 5.41) is 0. The second-order valence-electron chi connectivity index (χ2n) is 9.23. The van der Waals surface area contributed by atoms with Crippen LogP contribution in [0.4, 0.5) is 11.4 Å². The predicted octanol–water partition coefficient (Wildman–Crippen LogP) is 4.62. The van der Waals surface area contributed by atoms with Crippen LogP contribution in [0.2, 0.25) is 0 Å². The Kier molecular flexibility index (Phi) is 5.29. The molecule has 1 amide bonds. The van der Waals surface area contributed by atoms with Gasteiger partial charge in [-0.25, -0.2) is 8.42 Å². The van der Waals surface area contributed by atoms with Gasteiger partial charge in [-0.2, -0.15) is 0 Å². The van der Waals surface area contributed by atoms with Crippen LogP contribution in [0.3, 0.4) is 0 Å². The number of carbonyl (C=O) groups excluding carboxylic acids is 1. The Hall–Kier alpha value is -2.34. The summed E-state index contributed by atoms with van der Waals surface area (Å²) in [6.07, 6.45) is 6.30. The number of anilines is 2. The van der Waals surface area contributed by atoms with Crippen molar-refractivity contribution >= 4 is 27.3 Å². The maximum Gasteiger partial charge on any atom is 0.258 e. The highest BCUT2D eigenvalue weighted by atomic mass is 32.2. The SMILES string of the molecule is CCc1cccc(N(C(=O)c2cccc(N3CCCS3(=O)=O)c2)[C@H]2C[C@H]3CC[C@H]2C3)c1. The Morgan fingerprint density at radius 2 is 1.94 bits per heavy atom. The molecule has 3 atom stereocenters. The van der Waals surface area contributed by atoms with Crippen molar-refractivity contribution in [3.8, 4) is 0 Å². The van der Waals surface area contributed by atoms with E-state index >= 15 is 0 Å². The van der Waals surface area contributed by atoms with Crippen LogP contribution in [-0.4, -0.2) is 32.7 Å². The van der Waals surface area contributed by atoms with E-state index in [2.05, 4.69) is 19.1 Å². The number of hydrogen-bond donors (Lipinski definition) is 0. The Balaban J connectivity index is 1.52. The normalized spacial score (nSPS) is 26.4. The van der Waals surface area contributed by atoms with Crippen molar-refractivity contribution in [3.05, 3.63) is 59.7 Å². The molecule has 2 aliphatic carbocycles. The Morgan fingerprint density at radius 1 is 1.10 bits per heavy atom.